The predicted octanol–water partition coefficient (Wildman–Crippen LogP) is 1.57. The second-order valence-corrected chi connectivity index (χ2v) is 5.41. The largest absolute Gasteiger partial charge is 0.383 e. The molecule has 0 aliphatic rings. The van der Waals surface area contributed by atoms with Crippen LogP contribution >= 0.6 is 11.8 Å². The van der Waals surface area contributed by atoms with Gasteiger partial charge in [-0.3, -0.25) is 9.59 Å². The van der Waals surface area contributed by atoms with Crippen LogP contribution in [0.1, 0.15) is 17.3 Å². The quantitative estimate of drug-likeness (QED) is 0.434. The van der Waals surface area contributed by atoms with E-state index in [-0.39, 0.29) is 29.1 Å². The summed E-state index contributed by atoms with van der Waals surface area (Å²) in [7, 11) is 0. The van der Waals surface area contributed by atoms with E-state index in [1.807, 2.05) is 0 Å². The van der Waals surface area contributed by atoms with Crippen LogP contribution in [0.3, 0.4) is 0 Å². The molecule has 0 spiro atoms. The summed E-state index contributed by atoms with van der Waals surface area (Å²) in [4.78, 5) is 31.0. The van der Waals surface area contributed by atoms with Crippen molar-refractivity contribution >= 4 is 40.8 Å². The molecular formula is C14H15N5O2S. The van der Waals surface area contributed by atoms with Gasteiger partial charge in [0.1, 0.15) is 11.6 Å². The molecule has 5 N–H and O–H groups in total. The number of nitrogens with zero attached hydrogens (tertiary/aromatic N) is 2. The molecule has 1 aromatic heterocycles. The van der Waals surface area contributed by atoms with Crippen molar-refractivity contribution in [3.63, 3.8) is 0 Å². The Morgan fingerprint density at radius 2 is 1.73 bits per heavy atom. The Kier molecular flexibility index (Phi) is 4.95. The van der Waals surface area contributed by atoms with E-state index in [0.717, 1.165) is 11.8 Å². The van der Waals surface area contributed by atoms with Crippen molar-refractivity contribution in [2.45, 2.75) is 12.1 Å². The fourth-order valence-corrected chi connectivity index (χ4v) is 2.31. The summed E-state index contributed by atoms with van der Waals surface area (Å²) in [5.41, 5.74) is 12.3. The van der Waals surface area contributed by atoms with Crippen molar-refractivity contribution in [1.29, 1.82) is 0 Å². The summed E-state index contributed by atoms with van der Waals surface area (Å²) >= 11 is 1.14. The highest BCUT2D eigenvalue weighted by atomic mass is 32.2. The number of hydrogen-bond acceptors (Lipinski definition) is 7. The maximum absolute atomic E-state index is 11.9. The fraction of sp³-hybridized carbons (Fsp3) is 0.143. The summed E-state index contributed by atoms with van der Waals surface area (Å²) in [6, 6.07) is 8.11. The molecule has 22 heavy (non-hydrogen) atoms. The average Bonchev–Trinajstić information content (AvgIpc) is 2.45. The van der Waals surface area contributed by atoms with Gasteiger partial charge in [0.25, 0.3) is 0 Å². The van der Waals surface area contributed by atoms with E-state index in [1.165, 1.54) is 13.0 Å². The lowest BCUT2D eigenvalue weighted by Gasteiger charge is -2.06. The lowest BCUT2D eigenvalue weighted by atomic mass is 10.1. The molecule has 2 aromatic rings. The lowest BCUT2D eigenvalue weighted by Crippen LogP contribution is -2.14. The first-order chi connectivity index (χ1) is 10.4. The number of thioether (sulfide) groups is 1. The molecule has 8 heteroatoms. The Bertz CT molecular complexity index is 683. The zero-order chi connectivity index (χ0) is 16.1. The van der Waals surface area contributed by atoms with Crippen LogP contribution in [-0.2, 0) is 4.79 Å². The summed E-state index contributed by atoms with van der Waals surface area (Å²) in [6.07, 6.45) is 0. The van der Waals surface area contributed by atoms with Gasteiger partial charge >= 0.3 is 0 Å². The summed E-state index contributed by atoms with van der Waals surface area (Å²) < 4.78 is 0. The highest BCUT2D eigenvalue weighted by Crippen LogP contribution is 2.17. The maximum atomic E-state index is 11.9. The molecule has 0 bridgehead atoms. The van der Waals surface area contributed by atoms with Crippen LogP contribution in [0, 0.1) is 0 Å². The minimum Gasteiger partial charge on any atom is -0.383 e. The van der Waals surface area contributed by atoms with Crippen molar-refractivity contribution in [2.75, 3.05) is 22.5 Å². The Morgan fingerprint density at radius 3 is 2.27 bits per heavy atom. The number of carbonyl (C=O) groups is 2. The van der Waals surface area contributed by atoms with E-state index in [2.05, 4.69) is 15.3 Å². The molecule has 0 fully saturated rings. The molecule has 0 saturated carbocycles. The molecule has 2 rings (SSSR count). The molecule has 0 unspecified atom stereocenters. The first-order valence-corrected chi connectivity index (χ1v) is 7.36. The first kappa shape index (κ1) is 15.8. The second kappa shape index (κ2) is 6.90. The normalized spacial score (nSPS) is 10.2. The Hall–Kier alpha value is -2.61. The highest BCUT2D eigenvalue weighted by Gasteiger charge is 2.07. The number of amides is 1. The molecule has 0 radical (unpaired) electrons. The number of Topliss-reactive ketones (excluding diaryl/α,β-unsaturated/α-hetero) is 1. The van der Waals surface area contributed by atoms with Gasteiger partial charge < -0.3 is 16.8 Å². The van der Waals surface area contributed by atoms with Crippen LogP contribution in [0.4, 0.5) is 17.3 Å². The highest BCUT2D eigenvalue weighted by molar-refractivity contribution is 7.99. The summed E-state index contributed by atoms with van der Waals surface area (Å²) in [5, 5.41) is 3.07. The van der Waals surface area contributed by atoms with E-state index < -0.39 is 0 Å². The number of anilines is 3. The monoisotopic (exact) mass is 317 g/mol. The zero-order valence-corrected chi connectivity index (χ0v) is 12.7. The number of hydrogen-bond donors (Lipinski definition) is 3. The minimum absolute atomic E-state index is 0.0233. The maximum Gasteiger partial charge on any atom is 0.234 e. The fourth-order valence-electron chi connectivity index (χ4n) is 1.64. The molecule has 1 heterocycles. The van der Waals surface area contributed by atoms with Crippen LogP contribution in [0.5, 0.6) is 0 Å². The number of benzene rings is 1. The van der Waals surface area contributed by atoms with Gasteiger partial charge in [0.05, 0.1) is 5.75 Å². The third-order valence-corrected chi connectivity index (χ3v) is 3.50. The van der Waals surface area contributed by atoms with Crippen molar-refractivity contribution < 1.29 is 9.59 Å². The van der Waals surface area contributed by atoms with E-state index in [4.69, 9.17) is 11.5 Å². The predicted molar refractivity (Wildman–Crippen MR) is 86.7 cm³/mol. The molecule has 7 nitrogen and oxygen atoms in total. The van der Waals surface area contributed by atoms with Crippen LogP contribution in [0.15, 0.2) is 35.5 Å². The van der Waals surface area contributed by atoms with Gasteiger partial charge in [-0.1, -0.05) is 11.8 Å². The van der Waals surface area contributed by atoms with Gasteiger partial charge in [0.15, 0.2) is 10.9 Å². The van der Waals surface area contributed by atoms with Crippen molar-refractivity contribution in [2.24, 2.45) is 0 Å². The van der Waals surface area contributed by atoms with Gasteiger partial charge in [0, 0.05) is 17.3 Å². The van der Waals surface area contributed by atoms with Gasteiger partial charge in [-0.05, 0) is 31.2 Å². The smallest absolute Gasteiger partial charge is 0.234 e. The van der Waals surface area contributed by atoms with Crippen molar-refractivity contribution in [3.05, 3.63) is 35.9 Å². The van der Waals surface area contributed by atoms with Gasteiger partial charge in [-0.15, -0.1) is 0 Å². The molecule has 0 aliphatic carbocycles. The number of aromatic nitrogens is 2. The number of nitrogen functional groups attached to an aromatic ring is 2. The van der Waals surface area contributed by atoms with E-state index >= 15 is 0 Å². The third kappa shape index (κ3) is 4.45. The SMILES string of the molecule is CC(=O)c1ccc(NC(=O)CSc2nc(N)cc(N)n2)cc1. The van der Waals surface area contributed by atoms with Gasteiger partial charge in [0.2, 0.25) is 5.91 Å². The number of nitrogens with two attached hydrogens (primary N) is 2. The van der Waals surface area contributed by atoms with Gasteiger partial charge in [-0.25, -0.2) is 9.97 Å². The number of carbonyl (C=O) groups excluding carboxylic acids is 2. The third-order valence-electron chi connectivity index (χ3n) is 2.65. The van der Waals surface area contributed by atoms with E-state index in [1.54, 1.807) is 24.3 Å². The molecule has 0 saturated heterocycles. The molecular weight excluding hydrogens is 302 g/mol. The van der Waals surface area contributed by atoms with E-state index in [9.17, 15) is 9.59 Å². The van der Waals surface area contributed by atoms with Crippen molar-refractivity contribution in [1.82, 2.24) is 9.97 Å². The standard InChI is InChI=1S/C14H15N5O2S/c1-8(20)9-2-4-10(5-3-9)17-13(21)7-22-14-18-11(15)6-12(16)19-14/h2-6H,7H2,1H3,(H,17,21)(H4,15,16,18,19). The van der Waals surface area contributed by atoms with E-state index in [0.29, 0.717) is 16.4 Å². The lowest BCUT2D eigenvalue weighted by molar-refractivity contribution is -0.113. The number of nitrogens with one attached hydrogen (secondary N) is 1. The molecule has 0 atom stereocenters. The topological polar surface area (TPSA) is 124 Å². The van der Waals surface area contributed by atoms with Crippen LogP contribution in [-0.4, -0.2) is 27.4 Å². The second-order valence-electron chi connectivity index (χ2n) is 4.47. The first-order valence-electron chi connectivity index (χ1n) is 6.38. The Labute approximate surface area is 131 Å². The molecule has 0 aliphatic heterocycles. The minimum atomic E-state index is -0.217. The zero-order valence-electron chi connectivity index (χ0n) is 11.9. The molecule has 1 aromatic carbocycles. The molecule has 114 valence electrons. The summed E-state index contributed by atoms with van der Waals surface area (Å²) in [6.45, 7) is 1.49. The van der Waals surface area contributed by atoms with Gasteiger partial charge in [-0.2, -0.15) is 0 Å². The molecule has 1 amide bonds. The summed E-state index contributed by atoms with van der Waals surface area (Å²) in [5.74, 6) is 0.401. The Balaban J connectivity index is 1.91. The Morgan fingerprint density at radius 1 is 1.14 bits per heavy atom. The van der Waals surface area contributed by atoms with Crippen LogP contribution < -0.4 is 16.8 Å². The average molecular weight is 317 g/mol. The number of ketones is 1. The van der Waals surface area contributed by atoms with Crippen LogP contribution in [0.25, 0.3) is 0 Å². The number of rotatable bonds is 5. The van der Waals surface area contributed by atoms with Crippen LogP contribution in [0.2, 0.25) is 0 Å². The van der Waals surface area contributed by atoms with Crippen molar-refractivity contribution in [3.8, 4) is 0 Å².